The Hall–Kier alpha value is -2.11. The molecule has 122 valence electrons. The molecular formula is C19H19N3OS. The molecule has 0 aromatic heterocycles. The van der Waals surface area contributed by atoms with Gasteiger partial charge in [-0.05, 0) is 18.2 Å². The average Bonchev–Trinajstić information content (AvgIpc) is 2.79. The van der Waals surface area contributed by atoms with Crippen LogP contribution in [0.25, 0.3) is 0 Å². The predicted molar refractivity (Wildman–Crippen MR) is 97.3 cm³/mol. The molecule has 0 unspecified atom stereocenters. The van der Waals surface area contributed by atoms with Gasteiger partial charge in [-0.15, -0.1) is 0 Å². The summed E-state index contributed by atoms with van der Waals surface area (Å²) in [5.41, 5.74) is 2.23. The van der Waals surface area contributed by atoms with Gasteiger partial charge in [0.1, 0.15) is 12.1 Å². The Labute approximate surface area is 146 Å². The van der Waals surface area contributed by atoms with Gasteiger partial charge in [0.15, 0.2) is 0 Å². The van der Waals surface area contributed by atoms with E-state index in [-0.39, 0.29) is 0 Å². The molecule has 4 nitrogen and oxygen atoms in total. The van der Waals surface area contributed by atoms with E-state index in [1.54, 1.807) is 11.8 Å². The predicted octanol–water partition coefficient (Wildman–Crippen LogP) is 3.05. The Morgan fingerprint density at radius 2 is 1.67 bits per heavy atom. The van der Waals surface area contributed by atoms with Crippen LogP contribution in [0.4, 0.5) is 5.69 Å². The SMILES string of the molecule is O=CCN1CCN(C2=Nc3ccccc3Sc3ccccc32)CC1. The van der Waals surface area contributed by atoms with Gasteiger partial charge >= 0.3 is 0 Å². The van der Waals surface area contributed by atoms with Crippen LogP contribution in [0.3, 0.4) is 0 Å². The van der Waals surface area contributed by atoms with Crippen molar-refractivity contribution in [1.82, 2.24) is 9.80 Å². The highest BCUT2D eigenvalue weighted by molar-refractivity contribution is 7.99. The Morgan fingerprint density at radius 3 is 2.46 bits per heavy atom. The van der Waals surface area contributed by atoms with Gasteiger partial charge in [-0.3, -0.25) is 4.90 Å². The van der Waals surface area contributed by atoms with Crippen LogP contribution in [-0.2, 0) is 4.79 Å². The van der Waals surface area contributed by atoms with Crippen LogP contribution in [0.15, 0.2) is 63.3 Å². The lowest BCUT2D eigenvalue weighted by molar-refractivity contribution is -0.109. The van der Waals surface area contributed by atoms with Gasteiger partial charge < -0.3 is 9.69 Å². The van der Waals surface area contributed by atoms with Crippen LogP contribution in [0.5, 0.6) is 0 Å². The van der Waals surface area contributed by atoms with Gasteiger partial charge in [0.2, 0.25) is 0 Å². The first-order valence-electron chi connectivity index (χ1n) is 8.21. The third kappa shape index (κ3) is 2.97. The molecule has 2 aromatic carbocycles. The maximum atomic E-state index is 10.7. The minimum absolute atomic E-state index is 0.523. The van der Waals surface area contributed by atoms with Crippen LogP contribution in [0.2, 0.25) is 0 Å². The number of hydrogen-bond donors (Lipinski definition) is 0. The molecule has 1 fully saturated rings. The molecule has 24 heavy (non-hydrogen) atoms. The fraction of sp³-hybridized carbons (Fsp3) is 0.263. The van der Waals surface area contributed by atoms with Gasteiger partial charge in [0.25, 0.3) is 0 Å². The van der Waals surface area contributed by atoms with Crippen molar-refractivity contribution in [2.75, 3.05) is 32.7 Å². The fourth-order valence-electron chi connectivity index (χ4n) is 3.16. The molecule has 2 aliphatic rings. The number of para-hydroxylation sites is 1. The quantitative estimate of drug-likeness (QED) is 0.789. The van der Waals surface area contributed by atoms with Crippen molar-refractivity contribution in [3.63, 3.8) is 0 Å². The monoisotopic (exact) mass is 337 g/mol. The second-order valence-corrected chi connectivity index (χ2v) is 7.04. The van der Waals surface area contributed by atoms with E-state index in [4.69, 9.17) is 4.99 Å². The Bertz CT molecular complexity index is 782. The van der Waals surface area contributed by atoms with Crippen LogP contribution in [0.1, 0.15) is 5.56 Å². The maximum absolute atomic E-state index is 10.7. The number of benzene rings is 2. The average molecular weight is 337 g/mol. The molecule has 0 bridgehead atoms. The summed E-state index contributed by atoms with van der Waals surface area (Å²) < 4.78 is 0. The highest BCUT2D eigenvalue weighted by Gasteiger charge is 2.24. The Kier molecular flexibility index (Phi) is 4.36. The molecule has 1 saturated heterocycles. The number of piperazine rings is 1. The Morgan fingerprint density at radius 1 is 0.958 bits per heavy atom. The van der Waals surface area contributed by atoms with Crippen molar-refractivity contribution in [3.05, 3.63) is 54.1 Å². The zero-order valence-electron chi connectivity index (χ0n) is 13.4. The number of aliphatic imine (C=N–C) groups is 1. The summed E-state index contributed by atoms with van der Waals surface area (Å²) in [7, 11) is 0. The first-order chi connectivity index (χ1) is 11.8. The summed E-state index contributed by atoms with van der Waals surface area (Å²) in [4.78, 5) is 22.7. The normalized spacial score (nSPS) is 17.5. The van der Waals surface area contributed by atoms with Gasteiger partial charge in [-0.2, -0.15) is 0 Å². The molecule has 0 spiro atoms. The highest BCUT2D eigenvalue weighted by Crippen LogP contribution is 2.40. The number of amidine groups is 1. The van der Waals surface area contributed by atoms with Crippen molar-refractivity contribution < 1.29 is 4.79 Å². The van der Waals surface area contributed by atoms with Crippen LogP contribution < -0.4 is 0 Å². The lowest BCUT2D eigenvalue weighted by Gasteiger charge is -2.35. The summed E-state index contributed by atoms with van der Waals surface area (Å²) in [6, 6.07) is 16.8. The Balaban J connectivity index is 1.70. The molecule has 0 radical (unpaired) electrons. The molecule has 0 saturated carbocycles. The molecule has 4 rings (SSSR count). The van der Waals surface area contributed by atoms with Crippen LogP contribution in [0, 0.1) is 0 Å². The standard InChI is InChI=1S/C19H19N3OS/c23-14-13-21-9-11-22(12-10-21)19-15-5-1-3-7-17(15)24-18-8-4-2-6-16(18)20-19/h1-8,14H,9-13H2. The number of rotatable bonds is 2. The van der Waals surface area contributed by atoms with Gasteiger partial charge in [0, 0.05) is 41.5 Å². The zero-order chi connectivity index (χ0) is 16.4. The lowest BCUT2D eigenvalue weighted by atomic mass is 10.1. The van der Waals surface area contributed by atoms with E-state index >= 15 is 0 Å². The maximum Gasteiger partial charge on any atom is 0.137 e. The topological polar surface area (TPSA) is 35.9 Å². The van der Waals surface area contributed by atoms with E-state index in [2.05, 4.69) is 52.3 Å². The summed E-state index contributed by atoms with van der Waals surface area (Å²) in [6.07, 6.45) is 0.987. The van der Waals surface area contributed by atoms with Crippen molar-refractivity contribution in [1.29, 1.82) is 0 Å². The van der Waals surface area contributed by atoms with E-state index in [9.17, 15) is 4.79 Å². The smallest absolute Gasteiger partial charge is 0.137 e. The summed E-state index contributed by atoms with van der Waals surface area (Å²) in [6.45, 7) is 4.11. The second-order valence-electron chi connectivity index (χ2n) is 5.96. The molecule has 2 heterocycles. The molecule has 0 atom stereocenters. The first kappa shape index (κ1) is 15.4. The fourth-order valence-corrected chi connectivity index (χ4v) is 4.18. The number of nitrogens with zero attached hydrogens (tertiary/aromatic N) is 3. The van der Waals surface area contributed by atoms with Gasteiger partial charge in [-0.25, -0.2) is 4.99 Å². The van der Waals surface area contributed by atoms with E-state index in [1.165, 1.54) is 15.4 Å². The molecule has 2 aromatic rings. The number of aldehydes is 1. The largest absolute Gasteiger partial charge is 0.354 e. The molecule has 0 N–H and O–H groups in total. The van der Waals surface area contributed by atoms with Crippen molar-refractivity contribution in [3.8, 4) is 0 Å². The van der Waals surface area contributed by atoms with Crippen LogP contribution in [-0.4, -0.2) is 54.6 Å². The molecule has 2 aliphatic heterocycles. The molecular weight excluding hydrogens is 318 g/mol. The lowest BCUT2D eigenvalue weighted by Crippen LogP contribution is -2.49. The third-order valence-electron chi connectivity index (χ3n) is 4.44. The van der Waals surface area contributed by atoms with E-state index < -0.39 is 0 Å². The van der Waals surface area contributed by atoms with E-state index in [0.29, 0.717) is 6.54 Å². The number of fused-ring (bicyclic) bond motifs is 2. The van der Waals surface area contributed by atoms with Crippen LogP contribution >= 0.6 is 11.8 Å². The number of hydrogen-bond acceptors (Lipinski definition) is 5. The van der Waals surface area contributed by atoms with Crippen molar-refractivity contribution >= 4 is 29.6 Å². The summed E-state index contributed by atoms with van der Waals surface area (Å²) in [5.74, 6) is 1.05. The highest BCUT2D eigenvalue weighted by atomic mass is 32.2. The number of carbonyl (C=O) groups is 1. The zero-order valence-corrected chi connectivity index (χ0v) is 14.2. The molecule has 0 aliphatic carbocycles. The van der Waals surface area contributed by atoms with Crippen molar-refractivity contribution in [2.45, 2.75) is 9.79 Å². The third-order valence-corrected chi connectivity index (χ3v) is 5.59. The van der Waals surface area contributed by atoms with Gasteiger partial charge in [0.05, 0.1) is 12.2 Å². The minimum Gasteiger partial charge on any atom is -0.354 e. The molecule has 5 heteroatoms. The van der Waals surface area contributed by atoms with Gasteiger partial charge in [-0.1, -0.05) is 42.1 Å². The minimum atomic E-state index is 0.523. The second kappa shape index (κ2) is 6.79. The number of carbonyl (C=O) groups excluding carboxylic acids is 1. The first-order valence-corrected chi connectivity index (χ1v) is 9.03. The summed E-state index contributed by atoms with van der Waals surface area (Å²) in [5, 5.41) is 0. The molecule has 0 amide bonds. The summed E-state index contributed by atoms with van der Waals surface area (Å²) >= 11 is 1.78. The van der Waals surface area contributed by atoms with E-state index in [1.807, 2.05) is 6.07 Å². The van der Waals surface area contributed by atoms with Crippen molar-refractivity contribution in [2.24, 2.45) is 4.99 Å². The van der Waals surface area contributed by atoms with E-state index in [0.717, 1.165) is 44.0 Å².